The van der Waals surface area contributed by atoms with Crippen LogP contribution in [0.15, 0.2) is 54.9 Å². The van der Waals surface area contributed by atoms with Crippen molar-refractivity contribution >= 4 is 34.7 Å². The minimum Gasteiger partial charge on any atom is -0.491 e. The van der Waals surface area contributed by atoms with Crippen LogP contribution in [0.3, 0.4) is 0 Å². The summed E-state index contributed by atoms with van der Waals surface area (Å²) in [6, 6.07) is 14.5. The molecule has 0 atom stereocenters. The average Bonchev–Trinajstić information content (AvgIpc) is 3.55. The van der Waals surface area contributed by atoms with Crippen molar-refractivity contribution < 1.29 is 23.9 Å². The van der Waals surface area contributed by atoms with E-state index in [9.17, 15) is 9.59 Å². The predicted octanol–water partition coefficient (Wildman–Crippen LogP) is 6.26. The molecule has 2 aromatic carbocycles. The number of carbonyl (C=O) groups is 2. The Labute approximate surface area is 245 Å². The van der Waals surface area contributed by atoms with E-state index in [1.807, 2.05) is 53.1 Å². The maximum absolute atomic E-state index is 12.5. The molecule has 3 N–H and O–H groups in total. The van der Waals surface area contributed by atoms with Crippen molar-refractivity contribution in [3.63, 3.8) is 0 Å². The Bertz CT molecular complexity index is 1510. The number of hydrogen-bond acceptors (Lipinski definition) is 7. The van der Waals surface area contributed by atoms with Gasteiger partial charge in [0.05, 0.1) is 16.7 Å². The number of nitrogens with one attached hydrogen (secondary N) is 3. The summed E-state index contributed by atoms with van der Waals surface area (Å²) in [5, 5.41) is 13.9. The lowest BCUT2D eigenvalue weighted by Crippen LogP contribution is -2.37. The third-order valence-electron chi connectivity index (χ3n) is 6.00. The number of fused-ring (bicyclic) bond motifs is 1. The van der Waals surface area contributed by atoms with Crippen LogP contribution in [0.4, 0.5) is 21.1 Å². The number of hydrogen-bond donors (Lipinski definition) is 3. The number of nitrogens with zero attached hydrogens (tertiary/aromatic N) is 4. The van der Waals surface area contributed by atoms with E-state index >= 15 is 0 Å². The number of hydroxylamine groups is 2. The largest absolute Gasteiger partial charge is 0.491 e. The predicted molar refractivity (Wildman–Crippen MR) is 161 cm³/mol. The van der Waals surface area contributed by atoms with Gasteiger partial charge in [0.25, 0.3) is 0 Å². The van der Waals surface area contributed by atoms with Gasteiger partial charge in [0.2, 0.25) is 0 Å². The zero-order valence-electron chi connectivity index (χ0n) is 25.1. The molecule has 4 rings (SSSR count). The van der Waals surface area contributed by atoms with Gasteiger partial charge in [0, 0.05) is 35.5 Å². The van der Waals surface area contributed by atoms with Gasteiger partial charge in [0.15, 0.2) is 0 Å². The van der Waals surface area contributed by atoms with Crippen LogP contribution in [0.5, 0.6) is 5.75 Å². The highest BCUT2D eigenvalue weighted by atomic mass is 16.7. The number of aromatic nitrogens is 4. The van der Waals surface area contributed by atoms with Gasteiger partial charge in [-0.3, -0.25) is 19.8 Å². The van der Waals surface area contributed by atoms with E-state index in [2.05, 4.69) is 46.6 Å². The van der Waals surface area contributed by atoms with Gasteiger partial charge >= 0.3 is 12.1 Å². The number of imidazole rings is 1. The molecule has 0 fully saturated rings. The first-order chi connectivity index (χ1) is 19.8. The van der Waals surface area contributed by atoms with Gasteiger partial charge in [0.1, 0.15) is 36.7 Å². The van der Waals surface area contributed by atoms with Gasteiger partial charge in [-0.2, -0.15) is 10.2 Å². The molecule has 0 saturated carbocycles. The monoisotopic (exact) mass is 577 g/mol. The summed E-state index contributed by atoms with van der Waals surface area (Å²) in [4.78, 5) is 34.7. The number of aromatic amines is 1. The molecule has 0 aliphatic heterocycles. The van der Waals surface area contributed by atoms with Crippen LogP contribution in [0.1, 0.15) is 54.2 Å². The highest BCUT2D eigenvalue weighted by Gasteiger charge is 2.22. The van der Waals surface area contributed by atoms with Crippen LogP contribution in [-0.4, -0.2) is 62.3 Å². The summed E-state index contributed by atoms with van der Waals surface area (Å²) in [5.74, 6) is 1.16. The molecule has 3 amide bonds. The molecule has 42 heavy (non-hydrogen) atoms. The molecule has 0 aliphatic carbocycles. The lowest BCUT2D eigenvalue weighted by atomic mass is 9.92. The molecule has 0 radical (unpaired) electrons. The quantitative estimate of drug-likeness (QED) is 0.158. The zero-order chi connectivity index (χ0) is 30.5. The summed E-state index contributed by atoms with van der Waals surface area (Å²) in [6.07, 6.45) is 1.20. The second-order valence-corrected chi connectivity index (χ2v) is 11.7. The minimum atomic E-state index is -0.601. The Morgan fingerprint density at radius 2 is 1.71 bits per heavy atom. The van der Waals surface area contributed by atoms with Gasteiger partial charge in [-0.15, -0.1) is 0 Å². The molecule has 224 valence electrons. The first kappa shape index (κ1) is 30.4. The second-order valence-electron chi connectivity index (χ2n) is 11.7. The SMILES string of the molecule is CCN(OCCOc1ccc2c(c1)ncn2-c1ccc(NC(=O)Nc2cc(C(C)(C)C)n[nH]2)cc1)C(=O)OC(C)(C)C. The molecule has 0 unspecified atom stereocenters. The smallest absolute Gasteiger partial charge is 0.434 e. The molecule has 2 aromatic heterocycles. The normalized spacial score (nSPS) is 11.8. The van der Waals surface area contributed by atoms with E-state index < -0.39 is 11.7 Å². The van der Waals surface area contributed by atoms with E-state index in [1.165, 1.54) is 5.06 Å². The highest BCUT2D eigenvalue weighted by molar-refractivity contribution is 5.99. The van der Waals surface area contributed by atoms with E-state index in [4.69, 9.17) is 14.3 Å². The molecule has 0 spiro atoms. The number of rotatable bonds is 9. The molecular weight excluding hydrogens is 538 g/mol. The van der Waals surface area contributed by atoms with Gasteiger partial charge in [-0.1, -0.05) is 20.8 Å². The lowest BCUT2D eigenvalue weighted by molar-refractivity contribution is -0.149. The van der Waals surface area contributed by atoms with Crippen molar-refractivity contribution in [2.45, 2.75) is 59.5 Å². The molecule has 4 aromatic rings. The topological polar surface area (TPSA) is 136 Å². The summed E-state index contributed by atoms with van der Waals surface area (Å²) < 4.78 is 13.1. The van der Waals surface area contributed by atoms with Gasteiger partial charge in [-0.25, -0.2) is 14.6 Å². The number of carbonyl (C=O) groups excluding carboxylic acids is 2. The van der Waals surface area contributed by atoms with Crippen molar-refractivity contribution in [3.05, 3.63) is 60.6 Å². The number of benzene rings is 2. The molecule has 12 nitrogen and oxygen atoms in total. The molecule has 0 saturated heterocycles. The molecule has 0 aliphatic rings. The molecule has 0 bridgehead atoms. The standard InChI is InChI=1S/C30H39N7O5/c1-8-37(28(39)42-30(5,6)7)41-16-15-40-22-13-14-24-23(17-22)31-19-36(24)21-11-9-20(10-12-21)32-27(38)33-26-18-25(34-35-26)29(2,3)4/h9-14,17-19H,8,15-16H2,1-7H3,(H3,32,33,34,35,38). The number of ether oxygens (including phenoxy) is 2. The van der Waals surface area contributed by atoms with E-state index in [0.29, 0.717) is 23.8 Å². The van der Waals surface area contributed by atoms with Crippen molar-refractivity contribution in [1.29, 1.82) is 0 Å². The van der Waals surface area contributed by atoms with E-state index in [0.717, 1.165) is 22.4 Å². The minimum absolute atomic E-state index is 0.120. The number of amides is 3. The Kier molecular flexibility index (Phi) is 9.05. The Morgan fingerprint density at radius 3 is 2.36 bits per heavy atom. The first-order valence-electron chi connectivity index (χ1n) is 13.8. The summed E-state index contributed by atoms with van der Waals surface area (Å²) in [7, 11) is 0. The van der Waals surface area contributed by atoms with Crippen molar-refractivity contribution in [1.82, 2.24) is 24.8 Å². The summed E-state index contributed by atoms with van der Waals surface area (Å²) in [5.41, 5.74) is 3.32. The molecular formula is C30H39N7O5. The summed E-state index contributed by atoms with van der Waals surface area (Å²) in [6.45, 7) is 14.2. The number of urea groups is 1. The maximum Gasteiger partial charge on any atom is 0.434 e. The molecule has 2 heterocycles. The van der Waals surface area contributed by atoms with Crippen LogP contribution in [0.25, 0.3) is 16.7 Å². The first-order valence-corrected chi connectivity index (χ1v) is 13.8. The lowest BCUT2D eigenvalue weighted by Gasteiger charge is -2.25. The third-order valence-corrected chi connectivity index (χ3v) is 6.00. The maximum atomic E-state index is 12.5. The fourth-order valence-corrected chi connectivity index (χ4v) is 3.94. The Balaban J connectivity index is 1.31. The summed E-state index contributed by atoms with van der Waals surface area (Å²) >= 11 is 0. The van der Waals surface area contributed by atoms with E-state index in [1.54, 1.807) is 34.0 Å². The van der Waals surface area contributed by atoms with Crippen LogP contribution in [0, 0.1) is 0 Å². The Hall–Kier alpha value is -4.58. The number of H-pyrrole nitrogens is 1. The van der Waals surface area contributed by atoms with Crippen molar-refractivity contribution in [2.24, 2.45) is 0 Å². The van der Waals surface area contributed by atoms with Gasteiger partial charge < -0.3 is 14.8 Å². The molecule has 12 heteroatoms. The van der Waals surface area contributed by atoms with Gasteiger partial charge in [-0.05, 0) is 64.1 Å². The van der Waals surface area contributed by atoms with Crippen LogP contribution >= 0.6 is 0 Å². The average molecular weight is 578 g/mol. The number of anilines is 2. The van der Waals surface area contributed by atoms with Crippen LogP contribution in [-0.2, 0) is 15.0 Å². The Morgan fingerprint density at radius 1 is 0.976 bits per heavy atom. The highest BCUT2D eigenvalue weighted by Crippen LogP contribution is 2.25. The van der Waals surface area contributed by atoms with Crippen LogP contribution in [0.2, 0.25) is 0 Å². The van der Waals surface area contributed by atoms with Crippen molar-refractivity contribution in [3.8, 4) is 11.4 Å². The van der Waals surface area contributed by atoms with Crippen LogP contribution < -0.4 is 15.4 Å². The zero-order valence-corrected chi connectivity index (χ0v) is 25.1. The second kappa shape index (κ2) is 12.5. The van der Waals surface area contributed by atoms with Crippen molar-refractivity contribution in [2.75, 3.05) is 30.4 Å². The van der Waals surface area contributed by atoms with E-state index in [-0.39, 0.29) is 24.7 Å². The fraction of sp³-hybridized carbons (Fsp3) is 0.400. The fourth-order valence-electron chi connectivity index (χ4n) is 3.94. The third kappa shape index (κ3) is 8.00.